The van der Waals surface area contributed by atoms with Gasteiger partial charge in [0, 0.05) is 35.6 Å². The molecule has 0 saturated heterocycles. The van der Waals surface area contributed by atoms with Crippen LogP contribution in [0, 0.1) is 0 Å². The molecule has 2 aromatic carbocycles. The Morgan fingerprint density at radius 3 is 2.18 bits per heavy atom. The van der Waals surface area contributed by atoms with Crippen molar-refractivity contribution in [2.45, 2.75) is 31.1 Å². The van der Waals surface area contributed by atoms with E-state index in [2.05, 4.69) is 21.2 Å². The number of amides is 1. The standard InChI is InChI=1S/C25H26BrNO6/c1-30-20-6-5-13(9-23(20)33-4)14-7-18-25(19(28)8-14)16(11-24(29)27-18)15-10-22(32-3)17(26)12-21(15)31-2/h5-6,9-10,12,14,16H,7-8,11H2,1-4H3,(H,27,29). The maximum absolute atomic E-state index is 13.5. The van der Waals surface area contributed by atoms with Crippen LogP contribution >= 0.6 is 15.9 Å². The number of benzene rings is 2. The second kappa shape index (κ2) is 9.47. The van der Waals surface area contributed by atoms with E-state index in [9.17, 15) is 9.59 Å². The first-order valence-corrected chi connectivity index (χ1v) is 11.4. The quantitative estimate of drug-likeness (QED) is 0.610. The van der Waals surface area contributed by atoms with Gasteiger partial charge in [0.2, 0.25) is 5.91 Å². The van der Waals surface area contributed by atoms with Crippen molar-refractivity contribution in [3.63, 3.8) is 0 Å². The summed E-state index contributed by atoms with van der Waals surface area (Å²) in [5, 5.41) is 2.96. The van der Waals surface area contributed by atoms with E-state index in [4.69, 9.17) is 18.9 Å². The van der Waals surface area contributed by atoms with Crippen LogP contribution in [0.1, 0.15) is 42.2 Å². The third-order valence-corrected chi connectivity index (χ3v) is 6.91. The molecule has 1 aliphatic carbocycles. The zero-order valence-corrected chi connectivity index (χ0v) is 20.6. The summed E-state index contributed by atoms with van der Waals surface area (Å²) in [5.41, 5.74) is 3.05. The number of rotatable bonds is 6. The van der Waals surface area contributed by atoms with Crippen LogP contribution < -0.4 is 24.3 Å². The van der Waals surface area contributed by atoms with Gasteiger partial charge in [0.15, 0.2) is 17.3 Å². The highest BCUT2D eigenvalue weighted by Gasteiger charge is 2.39. The first kappa shape index (κ1) is 23.2. The molecular weight excluding hydrogens is 490 g/mol. The van der Waals surface area contributed by atoms with Crippen LogP contribution in [0.5, 0.6) is 23.0 Å². The van der Waals surface area contributed by atoms with Crippen molar-refractivity contribution >= 4 is 27.6 Å². The summed E-state index contributed by atoms with van der Waals surface area (Å²) in [6.45, 7) is 0. The third-order valence-electron chi connectivity index (χ3n) is 6.29. The number of ether oxygens (including phenoxy) is 4. The number of carbonyl (C=O) groups is 2. The lowest BCUT2D eigenvalue weighted by molar-refractivity contribution is -0.122. The fraction of sp³-hybridized carbons (Fsp3) is 0.360. The molecule has 0 bridgehead atoms. The van der Waals surface area contributed by atoms with Gasteiger partial charge in [-0.15, -0.1) is 0 Å². The summed E-state index contributed by atoms with van der Waals surface area (Å²) in [6, 6.07) is 9.32. The summed E-state index contributed by atoms with van der Waals surface area (Å²) in [4.78, 5) is 26.1. The zero-order chi connectivity index (χ0) is 23.7. The average molecular weight is 516 g/mol. The van der Waals surface area contributed by atoms with E-state index in [1.807, 2.05) is 24.3 Å². The highest BCUT2D eigenvalue weighted by atomic mass is 79.9. The van der Waals surface area contributed by atoms with E-state index >= 15 is 0 Å². The van der Waals surface area contributed by atoms with Crippen molar-refractivity contribution in [3.05, 3.63) is 57.2 Å². The molecule has 1 N–H and O–H groups in total. The van der Waals surface area contributed by atoms with Crippen LogP contribution in [0.3, 0.4) is 0 Å². The number of carbonyl (C=O) groups excluding carboxylic acids is 2. The van der Waals surface area contributed by atoms with E-state index in [0.717, 1.165) is 15.6 Å². The van der Waals surface area contributed by atoms with Gasteiger partial charge in [-0.25, -0.2) is 0 Å². The third kappa shape index (κ3) is 4.31. The first-order valence-electron chi connectivity index (χ1n) is 10.6. The Morgan fingerprint density at radius 2 is 1.52 bits per heavy atom. The fourth-order valence-corrected chi connectivity index (χ4v) is 5.21. The summed E-state index contributed by atoms with van der Waals surface area (Å²) in [5.74, 6) is 1.88. The molecule has 2 aromatic rings. The monoisotopic (exact) mass is 515 g/mol. The highest BCUT2D eigenvalue weighted by molar-refractivity contribution is 9.10. The minimum absolute atomic E-state index is 0.0185. The highest BCUT2D eigenvalue weighted by Crippen LogP contribution is 2.47. The summed E-state index contributed by atoms with van der Waals surface area (Å²) >= 11 is 3.47. The molecule has 33 heavy (non-hydrogen) atoms. The van der Waals surface area contributed by atoms with E-state index in [1.54, 1.807) is 34.5 Å². The van der Waals surface area contributed by atoms with Crippen molar-refractivity contribution in [2.24, 2.45) is 0 Å². The number of hydrogen-bond acceptors (Lipinski definition) is 6. The molecule has 0 spiro atoms. The number of Topliss-reactive ketones (excluding diaryl/α,β-unsaturated/α-hetero) is 1. The zero-order valence-electron chi connectivity index (χ0n) is 19.0. The van der Waals surface area contributed by atoms with Crippen LogP contribution in [0.4, 0.5) is 0 Å². The average Bonchev–Trinajstić information content (AvgIpc) is 2.82. The minimum atomic E-state index is -0.399. The van der Waals surface area contributed by atoms with Gasteiger partial charge in [-0.05, 0) is 58.1 Å². The summed E-state index contributed by atoms with van der Waals surface area (Å²) < 4.78 is 22.5. The Morgan fingerprint density at radius 1 is 0.818 bits per heavy atom. The Balaban J connectivity index is 1.75. The van der Waals surface area contributed by atoms with E-state index in [-0.39, 0.29) is 24.0 Å². The molecular formula is C25H26BrNO6. The molecule has 4 rings (SSSR count). The molecule has 7 nitrogen and oxygen atoms in total. The van der Waals surface area contributed by atoms with Crippen LogP contribution in [0.15, 0.2) is 46.1 Å². The van der Waals surface area contributed by atoms with Gasteiger partial charge >= 0.3 is 0 Å². The number of halogens is 1. The van der Waals surface area contributed by atoms with E-state index in [0.29, 0.717) is 47.1 Å². The predicted molar refractivity (Wildman–Crippen MR) is 126 cm³/mol. The molecule has 174 valence electrons. The Hall–Kier alpha value is -3.00. The van der Waals surface area contributed by atoms with E-state index in [1.165, 1.54) is 0 Å². The Bertz CT molecular complexity index is 1140. The maximum atomic E-state index is 13.5. The molecule has 0 radical (unpaired) electrons. The molecule has 0 saturated carbocycles. The normalized spacial score (nSPS) is 20.2. The first-order chi connectivity index (χ1) is 15.9. The molecule has 2 aliphatic rings. The van der Waals surface area contributed by atoms with Gasteiger partial charge in [0.05, 0.1) is 32.9 Å². The Labute approximate surface area is 201 Å². The molecule has 0 aromatic heterocycles. The largest absolute Gasteiger partial charge is 0.496 e. The van der Waals surface area contributed by atoms with Gasteiger partial charge in [-0.2, -0.15) is 0 Å². The smallest absolute Gasteiger partial charge is 0.225 e. The van der Waals surface area contributed by atoms with Crippen molar-refractivity contribution in [3.8, 4) is 23.0 Å². The molecule has 2 atom stereocenters. The van der Waals surface area contributed by atoms with E-state index < -0.39 is 5.92 Å². The van der Waals surface area contributed by atoms with Gasteiger partial charge < -0.3 is 24.3 Å². The maximum Gasteiger partial charge on any atom is 0.225 e. The lowest BCUT2D eigenvalue weighted by Gasteiger charge is -2.35. The number of nitrogens with one attached hydrogen (secondary N) is 1. The van der Waals surface area contributed by atoms with Gasteiger partial charge in [-0.3, -0.25) is 9.59 Å². The van der Waals surface area contributed by atoms with Crippen LogP contribution in [0.2, 0.25) is 0 Å². The lowest BCUT2D eigenvalue weighted by Crippen LogP contribution is -2.38. The second-order valence-electron chi connectivity index (χ2n) is 8.07. The van der Waals surface area contributed by atoms with Crippen molar-refractivity contribution in [1.29, 1.82) is 0 Å². The summed E-state index contributed by atoms with van der Waals surface area (Å²) in [6.07, 6.45) is 1.07. The molecule has 1 heterocycles. The second-order valence-corrected chi connectivity index (χ2v) is 8.92. The van der Waals surface area contributed by atoms with Gasteiger partial charge in [-0.1, -0.05) is 6.07 Å². The van der Waals surface area contributed by atoms with Crippen LogP contribution in [0.25, 0.3) is 0 Å². The molecule has 1 aliphatic heterocycles. The van der Waals surface area contributed by atoms with Gasteiger partial charge in [0.25, 0.3) is 0 Å². The number of hydrogen-bond donors (Lipinski definition) is 1. The van der Waals surface area contributed by atoms with Crippen molar-refractivity contribution < 1.29 is 28.5 Å². The van der Waals surface area contributed by atoms with Crippen molar-refractivity contribution in [2.75, 3.05) is 28.4 Å². The molecule has 1 amide bonds. The lowest BCUT2D eigenvalue weighted by atomic mass is 9.73. The fourth-order valence-electron chi connectivity index (χ4n) is 4.72. The van der Waals surface area contributed by atoms with Crippen LogP contribution in [-0.4, -0.2) is 40.1 Å². The molecule has 0 fully saturated rings. The SMILES string of the molecule is COc1cc(C2CC(=O)NC3=C2C(=O)CC(c2ccc(OC)c(OC)c2)C3)c(OC)cc1Br. The number of allylic oxidation sites excluding steroid dienone is 2. The molecule has 2 unspecified atom stereocenters. The number of ketones is 1. The van der Waals surface area contributed by atoms with Gasteiger partial charge in [0.1, 0.15) is 11.5 Å². The summed E-state index contributed by atoms with van der Waals surface area (Å²) in [7, 11) is 6.32. The minimum Gasteiger partial charge on any atom is -0.496 e. The predicted octanol–water partition coefficient (Wildman–Crippen LogP) is 4.49. The van der Waals surface area contributed by atoms with Crippen molar-refractivity contribution in [1.82, 2.24) is 5.32 Å². The topological polar surface area (TPSA) is 83.1 Å². The van der Waals surface area contributed by atoms with Crippen LogP contribution in [-0.2, 0) is 9.59 Å². The molecule has 8 heteroatoms. The Kier molecular flexibility index (Phi) is 6.65. The number of methoxy groups -OCH3 is 4.